The number of fused-ring (bicyclic) bond motifs is 1. The molecule has 4 nitrogen and oxygen atoms in total. The van der Waals surface area contributed by atoms with E-state index in [9.17, 15) is 9.90 Å². The molecule has 2 aromatic rings. The Balaban J connectivity index is 1.88. The van der Waals surface area contributed by atoms with Crippen molar-refractivity contribution >= 4 is 11.0 Å². The molecule has 1 aliphatic rings. The average Bonchev–Trinajstić information content (AvgIpc) is 2.80. The minimum Gasteiger partial charge on any atom is -0.508 e. The van der Waals surface area contributed by atoms with Crippen molar-refractivity contribution in [2.24, 2.45) is 0 Å². The second-order valence-corrected chi connectivity index (χ2v) is 6.61. The molecule has 4 heteroatoms. The molecule has 3 N–H and O–H groups in total. The fourth-order valence-corrected chi connectivity index (χ4v) is 3.60. The van der Waals surface area contributed by atoms with Crippen molar-refractivity contribution in [2.75, 3.05) is 0 Å². The van der Waals surface area contributed by atoms with Crippen LogP contribution in [0.25, 0.3) is 11.0 Å². The molecule has 1 fully saturated rings. The number of hydrogen-bond acceptors (Lipinski definition) is 3. The Bertz CT molecular complexity index is 727. The number of rotatable bonds is 4. The number of aromatic hydroxyl groups is 1. The summed E-state index contributed by atoms with van der Waals surface area (Å²) in [6, 6.07) is 5.79. The quantitative estimate of drug-likeness (QED) is 0.673. The van der Waals surface area contributed by atoms with Crippen LogP contribution < -0.4 is 10.9 Å². The zero-order chi connectivity index (χ0) is 16.2. The van der Waals surface area contributed by atoms with Gasteiger partial charge in [-0.25, -0.2) is 4.79 Å². The van der Waals surface area contributed by atoms with Crippen molar-refractivity contribution in [1.29, 1.82) is 0 Å². The highest BCUT2D eigenvalue weighted by Crippen LogP contribution is 2.26. The highest BCUT2D eigenvalue weighted by molar-refractivity contribution is 5.82. The molecule has 0 bridgehead atoms. The van der Waals surface area contributed by atoms with Crippen molar-refractivity contribution in [1.82, 2.24) is 0 Å². The summed E-state index contributed by atoms with van der Waals surface area (Å²) in [4.78, 5) is 11.8. The predicted octanol–water partition coefficient (Wildman–Crippen LogP) is 2.85. The third kappa shape index (κ3) is 3.75. The average molecular weight is 316 g/mol. The first kappa shape index (κ1) is 16.1. The van der Waals surface area contributed by atoms with Crippen LogP contribution in [-0.4, -0.2) is 11.1 Å². The van der Waals surface area contributed by atoms with E-state index in [0.29, 0.717) is 11.6 Å². The van der Waals surface area contributed by atoms with Gasteiger partial charge < -0.3 is 14.8 Å². The SMILES string of the molecule is CCc1cc2c(C[NH2+]C3CCCCCC3)cc(=O)oc2cc1O. The highest BCUT2D eigenvalue weighted by atomic mass is 16.4. The molecule has 0 amide bonds. The molecule has 124 valence electrons. The molecule has 0 saturated heterocycles. The lowest BCUT2D eigenvalue weighted by atomic mass is 10.0. The van der Waals surface area contributed by atoms with Crippen molar-refractivity contribution < 1.29 is 14.8 Å². The van der Waals surface area contributed by atoms with Crippen LogP contribution in [0.5, 0.6) is 5.75 Å². The minimum atomic E-state index is -0.342. The zero-order valence-corrected chi connectivity index (χ0v) is 13.8. The van der Waals surface area contributed by atoms with E-state index >= 15 is 0 Å². The van der Waals surface area contributed by atoms with Gasteiger partial charge in [-0.3, -0.25) is 0 Å². The summed E-state index contributed by atoms with van der Waals surface area (Å²) >= 11 is 0. The molecule has 1 aliphatic carbocycles. The Labute approximate surface area is 136 Å². The minimum absolute atomic E-state index is 0.202. The molecule has 0 unspecified atom stereocenters. The lowest BCUT2D eigenvalue weighted by molar-refractivity contribution is -0.705. The van der Waals surface area contributed by atoms with Gasteiger partial charge in [0.15, 0.2) is 0 Å². The van der Waals surface area contributed by atoms with Crippen LogP contribution in [0, 0.1) is 0 Å². The monoisotopic (exact) mass is 316 g/mol. The van der Waals surface area contributed by atoms with Gasteiger partial charge in [-0.05, 0) is 43.7 Å². The van der Waals surface area contributed by atoms with Crippen molar-refractivity contribution in [2.45, 2.75) is 64.5 Å². The smallest absolute Gasteiger partial charge is 0.336 e. The van der Waals surface area contributed by atoms with Crippen LogP contribution in [0.3, 0.4) is 0 Å². The number of phenolic OH excluding ortho intramolecular Hbond substituents is 1. The molecule has 1 heterocycles. The second kappa shape index (κ2) is 7.18. The Morgan fingerprint density at radius 1 is 1.13 bits per heavy atom. The third-order valence-electron chi connectivity index (χ3n) is 4.98. The lowest BCUT2D eigenvalue weighted by Crippen LogP contribution is -2.88. The fourth-order valence-electron chi connectivity index (χ4n) is 3.60. The summed E-state index contributed by atoms with van der Waals surface area (Å²) in [6.45, 7) is 2.80. The fraction of sp³-hybridized carbons (Fsp3) is 0.526. The number of quaternary nitrogens is 1. The van der Waals surface area contributed by atoms with E-state index in [1.54, 1.807) is 12.1 Å². The van der Waals surface area contributed by atoms with Gasteiger partial charge in [-0.1, -0.05) is 19.8 Å². The first-order valence-electron chi connectivity index (χ1n) is 8.79. The van der Waals surface area contributed by atoms with Gasteiger partial charge in [0, 0.05) is 23.1 Å². The second-order valence-electron chi connectivity index (χ2n) is 6.61. The van der Waals surface area contributed by atoms with Crippen LogP contribution in [0.15, 0.2) is 27.4 Å². The summed E-state index contributed by atoms with van der Waals surface area (Å²) in [5.41, 5.74) is 2.04. The maximum atomic E-state index is 11.8. The zero-order valence-electron chi connectivity index (χ0n) is 13.8. The van der Waals surface area contributed by atoms with E-state index in [0.717, 1.165) is 29.5 Å². The summed E-state index contributed by atoms with van der Waals surface area (Å²) in [5, 5.41) is 13.3. The molecule has 1 aromatic heterocycles. The molecular weight excluding hydrogens is 290 g/mol. The standard InChI is InChI=1S/C19H25NO3/c1-2-13-9-16-14(10-19(22)23-18(16)11-17(13)21)12-20-15-7-5-3-4-6-8-15/h9-11,15,20-21H,2-8,12H2,1H3/p+1. The summed E-state index contributed by atoms with van der Waals surface area (Å²) in [5.74, 6) is 0.202. The maximum Gasteiger partial charge on any atom is 0.336 e. The Kier molecular flexibility index (Phi) is 5.01. The number of nitrogens with two attached hydrogens (primary N) is 1. The van der Waals surface area contributed by atoms with Crippen molar-refractivity contribution in [3.05, 3.63) is 39.7 Å². The van der Waals surface area contributed by atoms with E-state index in [-0.39, 0.29) is 11.4 Å². The van der Waals surface area contributed by atoms with Crippen LogP contribution in [-0.2, 0) is 13.0 Å². The Morgan fingerprint density at radius 3 is 2.57 bits per heavy atom. The first-order valence-corrected chi connectivity index (χ1v) is 8.79. The van der Waals surface area contributed by atoms with Crippen molar-refractivity contribution in [3.63, 3.8) is 0 Å². The number of benzene rings is 1. The summed E-state index contributed by atoms with van der Waals surface area (Å²) in [7, 11) is 0. The molecule has 0 atom stereocenters. The van der Waals surface area contributed by atoms with E-state index in [1.165, 1.54) is 38.5 Å². The van der Waals surface area contributed by atoms with Gasteiger partial charge in [-0.2, -0.15) is 0 Å². The van der Waals surface area contributed by atoms with Gasteiger partial charge in [0.25, 0.3) is 0 Å². The van der Waals surface area contributed by atoms with Crippen LogP contribution in [0.1, 0.15) is 56.6 Å². The van der Waals surface area contributed by atoms with Gasteiger partial charge in [0.1, 0.15) is 17.9 Å². The van der Waals surface area contributed by atoms with E-state index in [4.69, 9.17) is 4.42 Å². The van der Waals surface area contributed by atoms with Crippen LogP contribution in [0.2, 0.25) is 0 Å². The van der Waals surface area contributed by atoms with E-state index in [2.05, 4.69) is 5.32 Å². The number of aryl methyl sites for hydroxylation is 1. The molecule has 0 aliphatic heterocycles. The van der Waals surface area contributed by atoms with Gasteiger partial charge in [0.2, 0.25) is 0 Å². The molecule has 3 rings (SSSR count). The summed E-state index contributed by atoms with van der Waals surface area (Å²) < 4.78 is 5.26. The maximum absolute atomic E-state index is 11.8. The summed E-state index contributed by atoms with van der Waals surface area (Å²) in [6.07, 6.45) is 8.61. The van der Waals surface area contributed by atoms with E-state index in [1.807, 2.05) is 13.0 Å². The molecule has 1 saturated carbocycles. The molecule has 0 radical (unpaired) electrons. The van der Waals surface area contributed by atoms with Gasteiger partial charge in [-0.15, -0.1) is 0 Å². The van der Waals surface area contributed by atoms with Crippen LogP contribution in [0.4, 0.5) is 0 Å². The van der Waals surface area contributed by atoms with Gasteiger partial charge in [0.05, 0.1) is 6.04 Å². The first-order chi connectivity index (χ1) is 11.2. The topological polar surface area (TPSA) is 67.0 Å². The third-order valence-corrected chi connectivity index (χ3v) is 4.98. The molecule has 0 spiro atoms. The van der Waals surface area contributed by atoms with E-state index < -0.39 is 0 Å². The van der Waals surface area contributed by atoms with Crippen LogP contribution >= 0.6 is 0 Å². The number of hydrogen-bond donors (Lipinski definition) is 2. The van der Waals surface area contributed by atoms with Gasteiger partial charge >= 0.3 is 5.63 Å². The largest absolute Gasteiger partial charge is 0.508 e. The molecule has 23 heavy (non-hydrogen) atoms. The predicted molar refractivity (Wildman–Crippen MR) is 90.6 cm³/mol. The molecular formula is C19H26NO3+. The van der Waals surface area contributed by atoms with Crippen molar-refractivity contribution in [3.8, 4) is 5.75 Å². The normalized spacial score (nSPS) is 16.6. The Morgan fingerprint density at radius 2 is 1.87 bits per heavy atom. The highest BCUT2D eigenvalue weighted by Gasteiger charge is 2.16. The number of phenols is 1. The molecule has 1 aromatic carbocycles. The lowest BCUT2D eigenvalue weighted by Gasteiger charge is -2.14. The Hall–Kier alpha value is -1.81.